The summed E-state index contributed by atoms with van der Waals surface area (Å²) in [5, 5.41) is 3.58. The second-order valence-electron chi connectivity index (χ2n) is 5.62. The largest absolute Gasteiger partial charge is 0.310 e. The van der Waals surface area contributed by atoms with E-state index in [0.717, 1.165) is 13.0 Å². The molecule has 0 bridgehead atoms. The zero-order valence-electron chi connectivity index (χ0n) is 12.8. The van der Waals surface area contributed by atoms with E-state index in [-0.39, 0.29) is 0 Å². The highest BCUT2D eigenvalue weighted by Gasteiger charge is 2.10. The first-order chi connectivity index (χ1) is 9.70. The molecule has 1 unspecified atom stereocenters. The van der Waals surface area contributed by atoms with E-state index in [9.17, 15) is 0 Å². The Kier molecular flexibility index (Phi) is 5.37. The second-order valence-corrected chi connectivity index (χ2v) is 5.62. The lowest BCUT2D eigenvalue weighted by Gasteiger charge is -2.19. The van der Waals surface area contributed by atoms with Crippen molar-refractivity contribution in [1.29, 1.82) is 0 Å². The van der Waals surface area contributed by atoms with Crippen LogP contribution < -0.4 is 5.32 Å². The maximum Gasteiger partial charge on any atom is 0.0360 e. The van der Waals surface area contributed by atoms with Crippen LogP contribution in [0.4, 0.5) is 0 Å². The second kappa shape index (κ2) is 7.25. The molecule has 0 saturated carbocycles. The molecule has 1 nitrogen and oxygen atoms in total. The highest BCUT2D eigenvalue weighted by atomic mass is 14.9. The third kappa shape index (κ3) is 3.94. The Labute approximate surface area is 123 Å². The number of hydrogen-bond donors (Lipinski definition) is 1. The van der Waals surface area contributed by atoms with Gasteiger partial charge in [-0.2, -0.15) is 0 Å². The molecule has 2 aromatic rings. The van der Waals surface area contributed by atoms with Crippen LogP contribution in [-0.4, -0.2) is 6.54 Å². The molecular formula is C19H25N. The van der Waals surface area contributed by atoms with Crippen molar-refractivity contribution in [2.24, 2.45) is 0 Å². The van der Waals surface area contributed by atoms with Crippen molar-refractivity contribution in [3.05, 3.63) is 71.3 Å². The fourth-order valence-electron chi connectivity index (χ4n) is 2.51. The Morgan fingerprint density at radius 1 is 0.850 bits per heavy atom. The van der Waals surface area contributed by atoms with Crippen molar-refractivity contribution in [3.8, 4) is 0 Å². The van der Waals surface area contributed by atoms with Crippen LogP contribution in [0.25, 0.3) is 0 Å². The number of nitrogens with one attached hydrogen (secondary N) is 1. The average Bonchev–Trinajstić information content (AvgIpc) is 2.48. The summed E-state index contributed by atoms with van der Waals surface area (Å²) < 4.78 is 0. The van der Waals surface area contributed by atoms with E-state index in [1.54, 1.807) is 0 Å². The lowest BCUT2D eigenvalue weighted by molar-refractivity contribution is 0.550. The smallest absolute Gasteiger partial charge is 0.0360 e. The standard InChI is InChI=1S/C19H25N/c1-4-20-19(18-8-6-5-7-9-18)14-16-10-12-17(13-11-16)15(2)3/h5-13,15,19-20H,4,14H2,1-3H3. The van der Waals surface area contributed by atoms with Crippen LogP contribution in [0, 0.1) is 0 Å². The molecule has 106 valence electrons. The van der Waals surface area contributed by atoms with Crippen molar-refractivity contribution in [2.75, 3.05) is 6.54 Å². The first-order valence-corrected chi connectivity index (χ1v) is 7.58. The van der Waals surface area contributed by atoms with E-state index in [4.69, 9.17) is 0 Å². The molecule has 2 aromatic carbocycles. The molecule has 1 N–H and O–H groups in total. The van der Waals surface area contributed by atoms with Gasteiger partial charge in [-0.05, 0) is 35.6 Å². The van der Waals surface area contributed by atoms with Gasteiger partial charge in [-0.3, -0.25) is 0 Å². The number of benzene rings is 2. The molecule has 0 aliphatic heterocycles. The summed E-state index contributed by atoms with van der Waals surface area (Å²) in [6.07, 6.45) is 1.04. The predicted octanol–water partition coefficient (Wildman–Crippen LogP) is 4.70. The van der Waals surface area contributed by atoms with Gasteiger partial charge in [0.2, 0.25) is 0 Å². The molecule has 2 rings (SSSR count). The monoisotopic (exact) mass is 267 g/mol. The summed E-state index contributed by atoms with van der Waals surface area (Å²) in [6.45, 7) is 7.63. The van der Waals surface area contributed by atoms with Crippen molar-refractivity contribution < 1.29 is 0 Å². The van der Waals surface area contributed by atoms with E-state index in [0.29, 0.717) is 12.0 Å². The van der Waals surface area contributed by atoms with Crippen LogP contribution in [0.15, 0.2) is 54.6 Å². The van der Waals surface area contributed by atoms with Gasteiger partial charge in [-0.25, -0.2) is 0 Å². The number of rotatable bonds is 6. The van der Waals surface area contributed by atoms with E-state index in [2.05, 4.69) is 80.7 Å². The highest BCUT2D eigenvalue weighted by Crippen LogP contribution is 2.20. The van der Waals surface area contributed by atoms with Gasteiger partial charge in [0.1, 0.15) is 0 Å². The lowest BCUT2D eigenvalue weighted by Crippen LogP contribution is -2.22. The molecule has 1 atom stereocenters. The summed E-state index contributed by atoms with van der Waals surface area (Å²) in [5.74, 6) is 0.600. The van der Waals surface area contributed by atoms with Crippen molar-refractivity contribution >= 4 is 0 Å². The molecule has 0 aliphatic rings. The number of likely N-dealkylation sites (N-methyl/N-ethyl adjacent to an activating group) is 1. The zero-order chi connectivity index (χ0) is 14.4. The minimum atomic E-state index is 0.395. The summed E-state index contributed by atoms with van der Waals surface area (Å²) in [4.78, 5) is 0. The zero-order valence-corrected chi connectivity index (χ0v) is 12.8. The molecule has 0 radical (unpaired) electrons. The van der Waals surface area contributed by atoms with Crippen LogP contribution in [0.1, 0.15) is 49.4 Å². The van der Waals surface area contributed by atoms with Gasteiger partial charge in [0.25, 0.3) is 0 Å². The summed E-state index contributed by atoms with van der Waals surface area (Å²) in [6, 6.07) is 20.2. The van der Waals surface area contributed by atoms with Gasteiger partial charge in [0, 0.05) is 6.04 Å². The van der Waals surface area contributed by atoms with E-state index in [1.165, 1.54) is 16.7 Å². The lowest BCUT2D eigenvalue weighted by atomic mass is 9.96. The van der Waals surface area contributed by atoms with Crippen LogP contribution in [0.3, 0.4) is 0 Å². The number of hydrogen-bond acceptors (Lipinski definition) is 1. The van der Waals surface area contributed by atoms with Crippen molar-refractivity contribution in [3.63, 3.8) is 0 Å². The molecule has 0 saturated heterocycles. The SMILES string of the molecule is CCNC(Cc1ccc(C(C)C)cc1)c1ccccc1. The molecule has 20 heavy (non-hydrogen) atoms. The quantitative estimate of drug-likeness (QED) is 0.799. The minimum Gasteiger partial charge on any atom is -0.310 e. The van der Waals surface area contributed by atoms with Crippen LogP contribution in [0.5, 0.6) is 0 Å². The minimum absolute atomic E-state index is 0.395. The Morgan fingerprint density at radius 2 is 1.50 bits per heavy atom. The van der Waals surface area contributed by atoms with E-state index < -0.39 is 0 Å². The highest BCUT2D eigenvalue weighted by molar-refractivity contribution is 5.27. The third-order valence-corrected chi connectivity index (χ3v) is 3.74. The molecular weight excluding hydrogens is 242 g/mol. The van der Waals surface area contributed by atoms with Gasteiger partial charge in [-0.15, -0.1) is 0 Å². The first kappa shape index (κ1) is 14.8. The maximum absolute atomic E-state index is 3.58. The summed E-state index contributed by atoms with van der Waals surface area (Å²) >= 11 is 0. The molecule has 0 aliphatic carbocycles. The fraction of sp³-hybridized carbons (Fsp3) is 0.368. The Bertz CT molecular complexity index is 499. The van der Waals surface area contributed by atoms with Crippen molar-refractivity contribution in [2.45, 2.75) is 39.2 Å². The Morgan fingerprint density at radius 3 is 2.05 bits per heavy atom. The molecule has 1 heteroatoms. The summed E-state index contributed by atoms with van der Waals surface area (Å²) in [5.41, 5.74) is 4.17. The van der Waals surface area contributed by atoms with Gasteiger partial charge < -0.3 is 5.32 Å². The van der Waals surface area contributed by atoms with Crippen LogP contribution in [0.2, 0.25) is 0 Å². The molecule has 0 spiro atoms. The predicted molar refractivity (Wildman–Crippen MR) is 87.1 cm³/mol. The topological polar surface area (TPSA) is 12.0 Å². The van der Waals surface area contributed by atoms with Gasteiger partial charge >= 0.3 is 0 Å². The van der Waals surface area contributed by atoms with Crippen LogP contribution in [-0.2, 0) is 6.42 Å². The molecule has 0 aromatic heterocycles. The molecule has 0 heterocycles. The van der Waals surface area contributed by atoms with Gasteiger partial charge in [0.05, 0.1) is 0 Å². The van der Waals surface area contributed by atoms with Crippen molar-refractivity contribution in [1.82, 2.24) is 5.32 Å². The van der Waals surface area contributed by atoms with Crippen LogP contribution >= 0.6 is 0 Å². The fourth-order valence-corrected chi connectivity index (χ4v) is 2.51. The van der Waals surface area contributed by atoms with Gasteiger partial charge in [-0.1, -0.05) is 75.4 Å². The maximum atomic E-state index is 3.58. The molecule has 0 fully saturated rings. The summed E-state index contributed by atoms with van der Waals surface area (Å²) in [7, 11) is 0. The Hall–Kier alpha value is -1.60. The van der Waals surface area contributed by atoms with E-state index >= 15 is 0 Å². The van der Waals surface area contributed by atoms with Gasteiger partial charge in [0.15, 0.2) is 0 Å². The first-order valence-electron chi connectivity index (χ1n) is 7.58. The van der Waals surface area contributed by atoms with E-state index in [1.807, 2.05) is 0 Å². The normalized spacial score (nSPS) is 12.6. The third-order valence-electron chi connectivity index (χ3n) is 3.74. The molecule has 0 amide bonds. The Balaban J connectivity index is 2.12. The average molecular weight is 267 g/mol.